The van der Waals surface area contributed by atoms with Crippen LogP contribution >= 0.6 is 0 Å². The Morgan fingerprint density at radius 3 is 2.03 bits per heavy atom. The van der Waals surface area contributed by atoms with Gasteiger partial charge in [0.25, 0.3) is 0 Å². The first-order valence-corrected chi connectivity index (χ1v) is 11.5. The summed E-state index contributed by atoms with van der Waals surface area (Å²) in [6.07, 6.45) is -11.6. The van der Waals surface area contributed by atoms with Gasteiger partial charge in [-0.15, -0.1) is 0 Å². The molecule has 200 valence electrons. The molecule has 0 aliphatic carbocycles. The monoisotopic (exact) mass is 529 g/mol. The highest BCUT2D eigenvalue weighted by Crippen LogP contribution is 2.42. The summed E-state index contributed by atoms with van der Waals surface area (Å²) in [5.41, 5.74) is -2.36. The third-order valence-corrected chi connectivity index (χ3v) is 6.53. The maximum Gasteiger partial charge on any atom is 0.416 e. The van der Waals surface area contributed by atoms with Crippen molar-refractivity contribution < 1.29 is 46.0 Å². The van der Waals surface area contributed by atoms with Gasteiger partial charge in [-0.25, -0.2) is 0 Å². The van der Waals surface area contributed by atoms with Crippen LogP contribution in [0.5, 0.6) is 11.8 Å². The lowest BCUT2D eigenvalue weighted by molar-refractivity contribution is -0.210. The molecule has 11 heteroatoms. The van der Waals surface area contributed by atoms with Crippen LogP contribution < -0.4 is 0 Å². The zero-order valence-corrected chi connectivity index (χ0v) is 19.6. The zero-order chi connectivity index (χ0) is 27.0. The minimum absolute atomic E-state index is 0.0756. The third kappa shape index (κ3) is 6.04. The number of benzene rings is 2. The molecule has 0 bridgehead atoms. The lowest BCUT2D eigenvalue weighted by Gasteiger charge is -2.39. The van der Waals surface area contributed by atoms with E-state index < -0.39 is 41.8 Å². The topological polar surface area (TPSA) is 63.9 Å². The number of aromatic hydroxyl groups is 2. The number of nitrogens with zero attached hydrogens (tertiary/aromatic N) is 1. The predicted octanol–water partition coefficient (Wildman–Crippen LogP) is 6.86. The maximum absolute atomic E-state index is 13.4. The Bertz CT molecular complexity index is 1160. The molecule has 0 saturated carbocycles. The van der Waals surface area contributed by atoms with Gasteiger partial charge in [0.2, 0.25) is 0 Å². The fraction of sp³-hybridized carbons (Fsp3) is 0.385. The van der Waals surface area contributed by atoms with E-state index in [-0.39, 0.29) is 42.5 Å². The molecule has 0 unspecified atom stereocenters. The molecule has 2 N–H and O–H groups in total. The standard InChI is InChI=1S/C26H25F6NO4/c1-15(18-11-19(25(27,28)29)13-20(12-18)26(30,31)32)37-24-23(16-5-3-2-4-6-16)17(9-10-36-24)14-33-21(34)7-8-22(33)35/h2-8,11-13,15,17,23-24,34-35H,9-10,14H2,1H3/t15-,17+,23+,24-/m1/s1. The fourth-order valence-corrected chi connectivity index (χ4v) is 4.64. The SMILES string of the molecule is C[C@@H](O[C@H]1OCC[C@@H](Cn2c(O)ccc2O)[C@@H]1c1ccccc1)c1cc(C(F)(F)F)cc(C(F)(F)F)c1. The minimum Gasteiger partial charge on any atom is -0.494 e. The van der Waals surface area contributed by atoms with Gasteiger partial charge in [-0.05, 0) is 48.6 Å². The van der Waals surface area contributed by atoms with Gasteiger partial charge >= 0.3 is 12.4 Å². The first kappa shape index (κ1) is 26.9. The van der Waals surface area contributed by atoms with Crippen LogP contribution in [0.2, 0.25) is 0 Å². The molecule has 2 aromatic carbocycles. The van der Waals surface area contributed by atoms with Crippen LogP contribution in [-0.2, 0) is 28.4 Å². The van der Waals surface area contributed by atoms with Gasteiger partial charge in [-0.1, -0.05) is 30.3 Å². The summed E-state index contributed by atoms with van der Waals surface area (Å²) in [5, 5.41) is 20.2. The maximum atomic E-state index is 13.4. The number of ether oxygens (including phenoxy) is 2. The molecule has 0 amide bonds. The van der Waals surface area contributed by atoms with E-state index in [1.54, 1.807) is 18.2 Å². The average molecular weight is 529 g/mol. The Labute approximate surface area is 208 Å². The first-order valence-electron chi connectivity index (χ1n) is 11.5. The second kappa shape index (κ2) is 10.3. The summed E-state index contributed by atoms with van der Waals surface area (Å²) in [5.74, 6) is -1.04. The second-order valence-electron chi connectivity index (χ2n) is 9.00. The summed E-state index contributed by atoms with van der Waals surface area (Å²) < 4.78 is 93.3. The summed E-state index contributed by atoms with van der Waals surface area (Å²) in [4.78, 5) is 0. The molecule has 0 spiro atoms. The van der Waals surface area contributed by atoms with Crippen LogP contribution in [0.4, 0.5) is 26.3 Å². The summed E-state index contributed by atoms with van der Waals surface area (Å²) >= 11 is 0. The first-order chi connectivity index (χ1) is 17.3. The summed E-state index contributed by atoms with van der Waals surface area (Å²) in [6, 6.07) is 13.0. The van der Waals surface area contributed by atoms with Gasteiger partial charge in [0.05, 0.1) is 23.8 Å². The highest BCUT2D eigenvalue weighted by atomic mass is 19.4. The van der Waals surface area contributed by atoms with Gasteiger partial charge in [0.15, 0.2) is 18.1 Å². The van der Waals surface area contributed by atoms with E-state index in [1.165, 1.54) is 23.6 Å². The molecule has 5 nitrogen and oxygen atoms in total. The molecule has 1 saturated heterocycles. The van der Waals surface area contributed by atoms with Crippen molar-refractivity contribution in [1.82, 2.24) is 4.57 Å². The van der Waals surface area contributed by atoms with Crippen LogP contribution in [-0.4, -0.2) is 27.7 Å². The Balaban J connectivity index is 1.66. The molecular weight excluding hydrogens is 504 g/mol. The van der Waals surface area contributed by atoms with E-state index in [9.17, 15) is 36.6 Å². The van der Waals surface area contributed by atoms with Crippen LogP contribution in [0.25, 0.3) is 0 Å². The molecule has 1 aromatic heterocycles. The lowest BCUT2D eigenvalue weighted by Crippen LogP contribution is -2.39. The van der Waals surface area contributed by atoms with Gasteiger partial charge in [0, 0.05) is 24.6 Å². The molecule has 1 aliphatic heterocycles. The van der Waals surface area contributed by atoms with Crippen molar-refractivity contribution in [1.29, 1.82) is 0 Å². The third-order valence-electron chi connectivity index (χ3n) is 6.53. The van der Waals surface area contributed by atoms with E-state index >= 15 is 0 Å². The Morgan fingerprint density at radius 2 is 1.49 bits per heavy atom. The molecule has 2 heterocycles. The van der Waals surface area contributed by atoms with Crippen molar-refractivity contribution in [3.63, 3.8) is 0 Å². The highest BCUT2D eigenvalue weighted by Gasteiger charge is 2.40. The molecule has 1 aliphatic rings. The number of alkyl halides is 6. The van der Waals surface area contributed by atoms with Crippen LogP contribution in [0, 0.1) is 5.92 Å². The van der Waals surface area contributed by atoms with Crippen molar-refractivity contribution >= 4 is 0 Å². The number of hydrogen-bond acceptors (Lipinski definition) is 4. The average Bonchev–Trinajstić information content (AvgIpc) is 3.15. The van der Waals surface area contributed by atoms with Crippen molar-refractivity contribution in [3.05, 3.63) is 82.9 Å². The zero-order valence-electron chi connectivity index (χ0n) is 19.6. The molecule has 3 aromatic rings. The number of hydrogen-bond donors (Lipinski definition) is 2. The Kier molecular flexibility index (Phi) is 7.48. The Morgan fingerprint density at radius 1 is 0.919 bits per heavy atom. The molecule has 4 rings (SSSR count). The number of aromatic nitrogens is 1. The van der Waals surface area contributed by atoms with Crippen LogP contribution in [0.15, 0.2) is 60.7 Å². The summed E-state index contributed by atoms with van der Waals surface area (Å²) in [7, 11) is 0. The van der Waals surface area contributed by atoms with E-state index in [4.69, 9.17) is 9.47 Å². The van der Waals surface area contributed by atoms with E-state index in [1.807, 2.05) is 12.1 Å². The Hall–Kier alpha value is -3.18. The second-order valence-corrected chi connectivity index (χ2v) is 9.00. The number of halogens is 6. The van der Waals surface area contributed by atoms with E-state index in [0.29, 0.717) is 18.6 Å². The fourth-order valence-electron chi connectivity index (χ4n) is 4.64. The normalized spacial score (nSPS) is 21.6. The lowest BCUT2D eigenvalue weighted by atomic mass is 9.81. The largest absolute Gasteiger partial charge is 0.494 e. The molecule has 4 atom stereocenters. The van der Waals surface area contributed by atoms with Crippen LogP contribution in [0.3, 0.4) is 0 Å². The van der Waals surface area contributed by atoms with Gasteiger partial charge in [-0.2, -0.15) is 26.3 Å². The van der Waals surface area contributed by atoms with Gasteiger partial charge in [-0.3, -0.25) is 4.57 Å². The van der Waals surface area contributed by atoms with E-state index in [0.717, 1.165) is 5.56 Å². The van der Waals surface area contributed by atoms with Crippen molar-refractivity contribution in [2.75, 3.05) is 6.61 Å². The van der Waals surface area contributed by atoms with E-state index in [2.05, 4.69) is 0 Å². The number of rotatable bonds is 6. The molecule has 37 heavy (non-hydrogen) atoms. The molecule has 1 fully saturated rings. The van der Waals surface area contributed by atoms with Crippen molar-refractivity contribution in [3.8, 4) is 11.8 Å². The highest BCUT2D eigenvalue weighted by molar-refractivity contribution is 5.35. The van der Waals surface area contributed by atoms with Crippen molar-refractivity contribution in [2.24, 2.45) is 5.92 Å². The van der Waals surface area contributed by atoms with Gasteiger partial charge in [0.1, 0.15) is 0 Å². The van der Waals surface area contributed by atoms with Crippen molar-refractivity contribution in [2.45, 2.75) is 50.6 Å². The van der Waals surface area contributed by atoms with Crippen LogP contribution in [0.1, 0.15) is 47.6 Å². The molecule has 0 radical (unpaired) electrons. The van der Waals surface area contributed by atoms with Gasteiger partial charge < -0.3 is 19.7 Å². The quantitative estimate of drug-likeness (QED) is 0.343. The molecular formula is C26H25F6NO4. The summed E-state index contributed by atoms with van der Waals surface area (Å²) in [6.45, 7) is 1.75. The predicted molar refractivity (Wildman–Crippen MR) is 121 cm³/mol. The smallest absolute Gasteiger partial charge is 0.416 e. The minimum atomic E-state index is -4.98.